The summed E-state index contributed by atoms with van der Waals surface area (Å²) in [6.07, 6.45) is 0.918. The number of benzene rings is 3. The molecule has 198 valence electrons. The average molecular weight is 547 g/mol. The molecule has 0 atom stereocenters. The predicted molar refractivity (Wildman–Crippen MR) is 159 cm³/mol. The number of hydrogen-bond acceptors (Lipinski definition) is 6. The van der Waals surface area contributed by atoms with Gasteiger partial charge in [-0.1, -0.05) is 36.9 Å². The van der Waals surface area contributed by atoms with Crippen molar-refractivity contribution in [3.8, 4) is 0 Å². The predicted octanol–water partition coefficient (Wildman–Crippen LogP) is 4.00. The van der Waals surface area contributed by atoms with E-state index in [2.05, 4.69) is 52.7 Å². The van der Waals surface area contributed by atoms with Crippen LogP contribution in [0, 0.1) is 0 Å². The van der Waals surface area contributed by atoms with E-state index in [0.29, 0.717) is 5.56 Å². The Kier molecular flexibility index (Phi) is 6.82. The third kappa shape index (κ3) is 4.10. The Bertz CT molecular complexity index is 1360. The highest BCUT2D eigenvalue weighted by molar-refractivity contribution is 7.99. The summed E-state index contributed by atoms with van der Waals surface area (Å²) in [6.45, 7) is 2.42. The number of ether oxygens (including phenoxy) is 1. The molecule has 1 spiro atoms. The molecule has 0 fully saturated rings. The highest BCUT2D eigenvalue weighted by atomic mass is 32.2. The Labute approximate surface area is 229 Å². The van der Waals surface area contributed by atoms with Crippen LogP contribution in [0.15, 0.2) is 60.7 Å². The van der Waals surface area contributed by atoms with Crippen molar-refractivity contribution in [3.63, 3.8) is 0 Å². The first-order chi connectivity index (χ1) is 18.1. The number of esters is 1. The van der Waals surface area contributed by atoms with Crippen LogP contribution in [0.3, 0.4) is 0 Å². The number of carbonyl (C=O) groups is 2. The summed E-state index contributed by atoms with van der Waals surface area (Å²) in [5.74, 6) is -0.150. The zero-order valence-electron chi connectivity index (χ0n) is 22.6. The summed E-state index contributed by atoms with van der Waals surface area (Å²) in [7, 11) is 5.83. The van der Waals surface area contributed by atoms with Crippen LogP contribution in [0.2, 0.25) is 12.6 Å². The van der Waals surface area contributed by atoms with Crippen LogP contribution in [0.4, 0.5) is 11.4 Å². The average Bonchev–Trinajstić information content (AvgIpc) is 3.19. The van der Waals surface area contributed by atoms with Gasteiger partial charge in [-0.05, 0) is 58.9 Å². The molecule has 0 aromatic heterocycles. The Morgan fingerprint density at radius 3 is 2.05 bits per heavy atom. The van der Waals surface area contributed by atoms with Gasteiger partial charge in [-0.25, -0.2) is 4.79 Å². The van der Waals surface area contributed by atoms with Gasteiger partial charge in [-0.3, -0.25) is 4.79 Å². The molecule has 38 heavy (non-hydrogen) atoms. The molecule has 3 aromatic rings. The number of carboxylic acid groups (broad SMARTS) is 1. The summed E-state index contributed by atoms with van der Waals surface area (Å²) in [5, 5.41) is 11.6. The molecule has 8 heteroatoms. The molecule has 0 aliphatic carbocycles. The minimum Gasteiger partial charge on any atom is -0.481 e. The van der Waals surface area contributed by atoms with Gasteiger partial charge in [0.15, 0.2) is 5.60 Å². The van der Waals surface area contributed by atoms with Crippen LogP contribution in [0.1, 0.15) is 33.5 Å². The lowest BCUT2D eigenvalue weighted by Crippen LogP contribution is -2.65. The van der Waals surface area contributed by atoms with Crippen molar-refractivity contribution >= 4 is 53.5 Å². The van der Waals surface area contributed by atoms with Gasteiger partial charge in [0.05, 0.1) is 11.3 Å². The summed E-state index contributed by atoms with van der Waals surface area (Å²) in [5.41, 5.74) is 4.87. The van der Waals surface area contributed by atoms with Crippen LogP contribution >= 0.6 is 11.8 Å². The molecule has 0 saturated heterocycles. The van der Waals surface area contributed by atoms with Crippen molar-refractivity contribution in [1.29, 1.82) is 0 Å². The molecule has 1 N–H and O–H groups in total. The highest BCUT2D eigenvalue weighted by Crippen LogP contribution is 2.49. The topological polar surface area (TPSA) is 70.1 Å². The molecule has 3 aromatic carbocycles. The normalized spacial score (nSPS) is 20.9. The SMILES string of the molecule is CN(C)c1ccc2c(c1)[Si](C)(CCCSCC(=O)O)c1cc(N(C)C)ccc1C21OC(=O)c2ccccc21. The van der Waals surface area contributed by atoms with Crippen molar-refractivity contribution in [2.45, 2.75) is 24.6 Å². The number of rotatable bonds is 8. The van der Waals surface area contributed by atoms with Gasteiger partial charge < -0.3 is 19.6 Å². The van der Waals surface area contributed by atoms with Gasteiger partial charge in [0.25, 0.3) is 0 Å². The monoisotopic (exact) mass is 546 g/mol. The number of aliphatic carboxylic acids is 1. The molecule has 0 unspecified atom stereocenters. The van der Waals surface area contributed by atoms with Crippen molar-refractivity contribution in [1.82, 2.24) is 0 Å². The van der Waals surface area contributed by atoms with Gasteiger partial charge >= 0.3 is 11.9 Å². The first-order valence-corrected chi connectivity index (χ1v) is 16.7. The molecule has 5 rings (SSSR count). The molecule has 2 aliphatic heterocycles. The first kappa shape index (κ1) is 26.4. The number of carboxylic acids is 1. The minimum absolute atomic E-state index is 0.122. The molecule has 2 heterocycles. The maximum atomic E-state index is 13.3. The third-order valence-electron chi connectivity index (χ3n) is 7.95. The quantitative estimate of drug-likeness (QED) is 0.260. The van der Waals surface area contributed by atoms with Gasteiger partial charge in [0, 0.05) is 56.3 Å². The van der Waals surface area contributed by atoms with Crippen LogP contribution in [0.25, 0.3) is 0 Å². The summed E-state index contributed by atoms with van der Waals surface area (Å²) in [4.78, 5) is 28.6. The Balaban J connectivity index is 1.76. The van der Waals surface area contributed by atoms with E-state index in [1.165, 1.54) is 22.1 Å². The molecule has 0 saturated carbocycles. The van der Waals surface area contributed by atoms with Crippen molar-refractivity contribution in [2.24, 2.45) is 0 Å². The van der Waals surface area contributed by atoms with Crippen molar-refractivity contribution in [3.05, 3.63) is 82.9 Å². The molecule has 0 bridgehead atoms. The zero-order valence-corrected chi connectivity index (χ0v) is 24.4. The maximum absolute atomic E-state index is 13.3. The Morgan fingerprint density at radius 1 is 0.921 bits per heavy atom. The lowest BCUT2D eigenvalue weighted by molar-refractivity contribution is -0.133. The van der Waals surface area contributed by atoms with E-state index in [-0.39, 0.29) is 11.7 Å². The van der Waals surface area contributed by atoms with Gasteiger partial charge in [0.1, 0.15) is 8.07 Å². The fourth-order valence-corrected chi connectivity index (χ4v) is 11.3. The molecule has 0 amide bonds. The van der Waals surface area contributed by atoms with Gasteiger partial charge in [-0.15, -0.1) is 0 Å². The maximum Gasteiger partial charge on any atom is 0.340 e. The molecule has 0 radical (unpaired) electrons. The number of thioether (sulfide) groups is 1. The lowest BCUT2D eigenvalue weighted by Gasteiger charge is -2.46. The minimum atomic E-state index is -2.35. The van der Waals surface area contributed by atoms with Gasteiger partial charge in [-0.2, -0.15) is 11.8 Å². The second kappa shape index (κ2) is 9.82. The van der Waals surface area contributed by atoms with Crippen molar-refractivity contribution in [2.75, 3.05) is 49.5 Å². The van der Waals surface area contributed by atoms with Crippen LogP contribution in [-0.2, 0) is 15.1 Å². The van der Waals surface area contributed by atoms with Crippen LogP contribution in [0.5, 0.6) is 0 Å². The van der Waals surface area contributed by atoms with E-state index in [1.54, 1.807) is 0 Å². The number of nitrogens with zero attached hydrogens (tertiary/aromatic N) is 2. The third-order valence-corrected chi connectivity index (χ3v) is 13.5. The van der Waals surface area contributed by atoms with E-state index in [0.717, 1.165) is 46.3 Å². The first-order valence-electron chi connectivity index (χ1n) is 12.9. The van der Waals surface area contributed by atoms with E-state index in [9.17, 15) is 9.59 Å². The molecule has 2 aliphatic rings. The molecule has 6 nitrogen and oxygen atoms in total. The van der Waals surface area contributed by atoms with E-state index in [1.807, 2.05) is 52.5 Å². The van der Waals surface area contributed by atoms with E-state index >= 15 is 0 Å². The number of hydrogen-bond donors (Lipinski definition) is 1. The largest absolute Gasteiger partial charge is 0.481 e. The fraction of sp³-hybridized carbons (Fsp3) is 0.333. The Hall–Kier alpha value is -3.23. The summed E-state index contributed by atoms with van der Waals surface area (Å²) < 4.78 is 6.46. The van der Waals surface area contributed by atoms with E-state index < -0.39 is 19.6 Å². The standard InChI is InChI=1S/C30H34N2O4SSi/c1-31(2)20-11-13-24-26(17-20)38(5,16-8-15-37-19-28(33)34)27-18-21(32(3)4)12-14-25(27)30(24)23-10-7-6-9-22(23)29(35)36-30/h6-7,9-14,17-18H,8,15-16,19H2,1-5H3,(H,33,34). The number of carbonyl (C=O) groups excluding carboxylic acids is 1. The smallest absolute Gasteiger partial charge is 0.340 e. The molecular weight excluding hydrogens is 512 g/mol. The fourth-order valence-electron chi connectivity index (χ4n) is 6.01. The zero-order chi connectivity index (χ0) is 27.2. The van der Waals surface area contributed by atoms with Crippen molar-refractivity contribution < 1.29 is 19.4 Å². The molecular formula is C30H34N2O4SSi. The number of anilines is 2. The summed E-state index contributed by atoms with van der Waals surface area (Å²) in [6, 6.07) is 21.9. The highest BCUT2D eigenvalue weighted by Gasteiger charge is 2.56. The van der Waals surface area contributed by atoms with Crippen LogP contribution < -0.4 is 20.2 Å². The summed E-state index contributed by atoms with van der Waals surface area (Å²) >= 11 is 1.47. The Morgan fingerprint density at radius 2 is 1.50 bits per heavy atom. The second-order valence-corrected chi connectivity index (χ2v) is 16.1. The van der Waals surface area contributed by atoms with Gasteiger partial charge in [0.2, 0.25) is 0 Å². The lowest BCUT2D eigenvalue weighted by atomic mass is 9.79. The number of fused-ring (bicyclic) bond motifs is 6. The van der Waals surface area contributed by atoms with Crippen LogP contribution in [-0.4, -0.2) is 64.8 Å². The van der Waals surface area contributed by atoms with E-state index in [4.69, 9.17) is 9.84 Å². The second-order valence-electron chi connectivity index (χ2n) is 10.7.